The van der Waals surface area contributed by atoms with Crippen LogP contribution in [0.2, 0.25) is 0 Å². The number of alkyl halides is 3. The first kappa shape index (κ1) is 18.5. The molecule has 0 aromatic heterocycles. The third kappa shape index (κ3) is 4.19. The van der Waals surface area contributed by atoms with Gasteiger partial charge in [0.1, 0.15) is 0 Å². The first-order valence-electron chi connectivity index (χ1n) is 9.51. The number of rotatable bonds is 4. The zero-order valence-electron chi connectivity index (χ0n) is 15.5. The smallest absolute Gasteiger partial charge is 0.299 e. The summed E-state index contributed by atoms with van der Waals surface area (Å²) in [5.74, 6) is 1.20. The fourth-order valence-corrected chi connectivity index (χ4v) is 4.96. The van der Waals surface area contributed by atoms with E-state index in [1.165, 1.54) is 5.56 Å². The second-order valence-corrected chi connectivity index (χ2v) is 8.03. The minimum atomic E-state index is -4.16. The van der Waals surface area contributed by atoms with Crippen LogP contribution < -0.4 is 0 Å². The highest BCUT2D eigenvalue weighted by Gasteiger charge is 2.45. The largest absolute Gasteiger partial charge is 0.393 e. The summed E-state index contributed by atoms with van der Waals surface area (Å²) in [5.41, 5.74) is 2.68. The maximum absolute atomic E-state index is 12.7. The van der Waals surface area contributed by atoms with Crippen molar-refractivity contribution in [2.75, 3.05) is 26.7 Å². The average molecular weight is 374 g/mol. The Labute approximate surface area is 158 Å². The van der Waals surface area contributed by atoms with Crippen LogP contribution in [0.5, 0.6) is 0 Å². The summed E-state index contributed by atoms with van der Waals surface area (Å²) in [4.78, 5) is 4.86. The summed E-state index contributed by atoms with van der Waals surface area (Å²) in [6, 6.07) is 18.0. The predicted molar refractivity (Wildman–Crippen MR) is 100 cm³/mol. The van der Waals surface area contributed by atoms with Crippen LogP contribution in [-0.2, 0) is 13.0 Å². The molecule has 5 heteroatoms. The Morgan fingerprint density at radius 1 is 0.926 bits per heavy atom. The normalized spacial score (nSPS) is 26.4. The maximum Gasteiger partial charge on any atom is 0.393 e. The highest BCUT2D eigenvalue weighted by molar-refractivity contribution is 5.25. The van der Waals surface area contributed by atoms with Gasteiger partial charge in [0, 0.05) is 32.2 Å². The van der Waals surface area contributed by atoms with Gasteiger partial charge in [-0.1, -0.05) is 54.6 Å². The number of halogens is 3. The molecule has 0 N–H and O–H groups in total. The molecule has 2 aliphatic rings. The Kier molecular flexibility index (Phi) is 4.99. The molecule has 0 spiro atoms. The van der Waals surface area contributed by atoms with E-state index < -0.39 is 12.6 Å². The van der Waals surface area contributed by atoms with Crippen molar-refractivity contribution in [3.63, 3.8) is 0 Å². The second kappa shape index (κ2) is 7.28. The van der Waals surface area contributed by atoms with Gasteiger partial charge in [-0.05, 0) is 35.6 Å². The molecule has 4 rings (SSSR count). The van der Waals surface area contributed by atoms with Crippen LogP contribution in [0.4, 0.5) is 13.2 Å². The molecule has 2 nitrogen and oxygen atoms in total. The van der Waals surface area contributed by atoms with Gasteiger partial charge in [-0.15, -0.1) is 0 Å². The predicted octanol–water partition coefficient (Wildman–Crippen LogP) is 4.53. The van der Waals surface area contributed by atoms with E-state index in [1.54, 1.807) is 18.2 Å². The van der Waals surface area contributed by atoms with E-state index in [4.69, 9.17) is 0 Å². The van der Waals surface area contributed by atoms with Crippen molar-refractivity contribution < 1.29 is 13.2 Å². The number of likely N-dealkylation sites (tertiary alicyclic amines) is 2. The van der Waals surface area contributed by atoms with Crippen molar-refractivity contribution in [2.24, 2.45) is 11.8 Å². The van der Waals surface area contributed by atoms with E-state index in [9.17, 15) is 13.2 Å². The van der Waals surface area contributed by atoms with Gasteiger partial charge in [0.15, 0.2) is 0 Å². The monoisotopic (exact) mass is 374 g/mol. The molecule has 2 heterocycles. The molecule has 0 amide bonds. The molecule has 0 bridgehead atoms. The van der Waals surface area contributed by atoms with Gasteiger partial charge in [-0.3, -0.25) is 9.80 Å². The van der Waals surface area contributed by atoms with Crippen LogP contribution >= 0.6 is 0 Å². The Bertz CT molecular complexity index is 775. The van der Waals surface area contributed by atoms with Gasteiger partial charge in [-0.2, -0.15) is 13.2 Å². The van der Waals surface area contributed by atoms with Crippen molar-refractivity contribution in [2.45, 2.75) is 25.2 Å². The minimum absolute atomic E-state index is 0.348. The average Bonchev–Trinajstić information content (AvgIpc) is 3.10. The quantitative estimate of drug-likeness (QED) is 0.776. The van der Waals surface area contributed by atoms with Crippen molar-refractivity contribution >= 4 is 0 Å². The molecular formula is C22H25F3N2. The van der Waals surface area contributed by atoms with E-state index in [1.807, 2.05) is 12.1 Å². The van der Waals surface area contributed by atoms with E-state index >= 15 is 0 Å². The van der Waals surface area contributed by atoms with Gasteiger partial charge in [0.25, 0.3) is 0 Å². The van der Waals surface area contributed by atoms with Crippen LogP contribution in [0.3, 0.4) is 0 Å². The Balaban J connectivity index is 1.44. The van der Waals surface area contributed by atoms with Crippen molar-refractivity contribution in [1.82, 2.24) is 9.80 Å². The van der Waals surface area contributed by atoms with E-state index in [0.29, 0.717) is 23.4 Å². The summed E-state index contributed by atoms with van der Waals surface area (Å²) in [5, 5.41) is 0. The molecule has 0 unspecified atom stereocenters. The van der Waals surface area contributed by atoms with Crippen LogP contribution in [-0.4, -0.2) is 42.7 Å². The Morgan fingerprint density at radius 2 is 1.67 bits per heavy atom. The minimum Gasteiger partial charge on any atom is -0.299 e. The van der Waals surface area contributed by atoms with Crippen molar-refractivity contribution in [3.05, 3.63) is 71.3 Å². The molecule has 0 saturated carbocycles. The van der Waals surface area contributed by atoms with Crippen molar-refractivity contribution in [1.29, 1.82) is 0 Å². The standard InChI is InChI=1S/C22H25F3N2/c1-26-13-19-14-27(15-20(19)21(26)18-8-3-2-4-9-18)12-17-7-5-6-16(10-17)11-22(23,24)25/h2-10,19-21H,11-15H2,1H3/t19-,20+,21-/m0/s1. The third-order valence-electron chi connectivity index (χ3n) is 5.91. The van der Waals surface area contributed by atoms with Gasteiger partial charge in [0.2, 0.25) is 0 Å². The summed E-state index contributed by atoms with van der Waals surface area (Å²) in [7, 11) is 2.20. The highest BCUT2D eigenvalue weighted by Crippen LogP contribution is 2.44. The molecule has 0 radical (unpaired) electrons. The molecule has 2 aliphatic heterocycles. The first-order valence-corrected chi connectivity index (χ1v) is 9.51. The third-order valence-corrected chi connectivity index (χ3v) is 5.91. The lowest BCUT2D eigenvalue weighted by Crippen LogP contribution is -2.28. The number of hydrogen-bond donors (Lipinski definition) is 0. The fourth-order valence-electron chi connectivity index (χ4n) is 4.96. The van der Waals surface area contributed by atoms with Crippen LogP contribution in [0.25, 0.3) is 0 Å². The zero-order valence-corrected chi connectivity index (χ0v) is 15.5. The van der Waals surface area contributed by atoms with E-state index in [-0.39, 0.29) is 0 Å². The summed E-state index contributed by atoms with van der Waals surface area (Å²) in [6.45, 7) is 3.82. The molecule has 0 aliphatic carbocycles. The van der Waals surface area contributed by atoms with E-state index in [0.717, 1.165) is 31.7 Å². The maximum atomic E-state index is 12.7. The summed E-state index contributed by atoms with van der Waals surface area (Å²) >= 11 is 0. The summed E-state index contributed by atoms with van der Waals surface area (Å²) in [6.07, 6.45) is -5.01. The van der Waals surface area contributed by atoms with Gasteiger partial charge in [0.05, 0.1) is 6.42 Å². The lowest BCUT2D eigenvalue weighted by Gasteiger charge is -2.27. The van der Waals surface area contributed by atoms with Crippen LogP contribution in [0.15, 0.2) is 54.6 Å². The molecule has 27 heavy (non-hydrogen) atoms. The molecule has 144 valence electrons. The molecule has 2 fully saturated rings. The Morgan fingerprint density at radius 3 is 2.41 bits per heavy atom. The molecule has 2 aromatic carbocycles. The highest BCUT2D eigenvalue weighted by atomic mass is 19.4. The zero-order chi connectivity index (χ0) is 19.0. The Hall–Kier alpha value is -1.85. The lowest BCUT2D eigenvalue weighted by molar-refractivity contribution is -0.127. The van der Waals surface area contributed by atoms with Crippen LogP contribution in [0, 0.1) is 11.8 Å². The van der Waals surface area contributed by atoms with Crippen molar-refractivity contribution in [3.8, 4) is 0 Å². The van der Waals surface area contributed by atoms with Gasteiger partial charge in [-0.25, -0.2) is 0 Å². The lowest BCUT2D eigenvalue weighted by atomic mass is 9.90. The summed E-state index contributed by atoms with van der Waals surface area (Å²) < 4.78 is 38.0. The SMILES string of the molecule is CN1C[C@H]2CN(Cc3cccc(CC(F)(F)F)c3)C[C@H]2[C@@H]1c1ccccc1. The molecule has 2 aromatic rings. The first-order chi connectivity index (χ1) is 12.9. The number of benzene rings is 2. The van der Waals surface area contributed by atoms with E-state index in [2.05, 4.69) is 41.1 Å². The molecule has 3 atom stereocenters. The fraction of sp³-hybridized carbons (Fsp3) is 0.455. The molecule has 2 saturated heterocycles. The van der Waals surface area contributed by atoms with Gasteiger partial charge >= 0.3 is 6.18 Å². The second-order valence-electron chi connectivity index (χ2n) is 8.03. The number of nitrogens with zero attached hydrogens (tertiary/aromatic N) is 2. The van der Waals surface area contributed by atoms with Gasteiger partial charge < -0.3 is 0 Å². The topological polar surface area (TPSA) is 6.48 Å². The van der Waals surface area contributed by atoms with Crippen LogP contribution in [0.1, 0.15) is 22.7 Å². The number of fused-ring (bicyclic) bond motifs is 1. The molecular weight excluding hydrogens is 349 g/mol. The number of hydrogen-bond acceptors (Lipinski definition) is 2.